The highest BCUT2D eigenvalue weighted by molar-refractivity contribution is 5.98. The minimum absolute atomic E-state index is 0.0628. The Labute approximate surface area is 103 Å². The Hall–Kier alpha value is -2.37. The maximum Gasteiger partial charge on any atom is 0.374 e. The second-order valence-corrected chi connectivity index (χ2v) is 3.45. The van der Waals surface area contributed by atoms with Crippen molar-refractivity contribution in [2.24, 2.45) is 0 Å². The van der Waals surface area contributed by atoms with Crippen molar-refractivity contribution in [3.63, 3.8) is 0 Å². The van der Waals surface area contributed by atoms with E-state index in [9.17, 15) is 9.59 Å². The average molecular weight is 248 g/mol. The number of nitrogens with zero attached hydrogens (tertiary/aromatic N) is 2. The van der Waals surface area contributed by atoms with E-state index in [1.807, 2.05) is 0 Å². The SMILES string of the molecule is CCOC(=O)c1nc(C(=O)OC)c2ccccn12. The molecule has 6 nitrogen and oxygen atoms in total. The molecule has 0 unspecified atom stereocenters. The lowest BCUT2D eigenvalue weighted by Gasteiger charge is -1.99. The molecule has 0 fully saturated rings. The molecular weight excluding hydrogens is 236 g/mol. The Morgan fingerprint density at radius 2 is 2.11 bits per heavy atom. The van der Waals surface area contributed by atoms with Gasteiger partial charge in [-0.2, -0.15) is 0 Å². The number of hydrogen-bond donors (Lipinski definition) is 0. The van der Waals surface area contributed by atoms with Gasteiger partial charge in [0.15, 0.2) is 5.69 Å². The molecule has 0 saturated heterocycles. The van der Waals surface area contributed by atoms with E-state index >= 15 is 0 Å². The van der Waals surface area contributed by atoms with E-state index in [1.165, 1.54) is 11.5 Å². The average Bonchev–Trinajstić information content (AvgIpc) is 2.78. The summed E-state index contributed by atoms with van der Waals surface area (Å²) in [6.45, 7) is 1.95. The van der Waals surface area contributed by atoms with Crippen LogP contribution in [-0.4, -0.2) is 35.0 Å². The third kappa shape index (κ3) is 1.92. The number of methoxy groups -OCH3 is 1. The van der Waals surface area contributed by atoms with Crippen molar-refractivity contribution >= 4 is 17.5 Å². The molecule has 0 radical (unpaired) electrons. The van der Waals surface area contributed by atoms with Gasteiger partial charge in [-0.1, -0.05) is 6.07 Å². The van der Waals surface area contributed by atoms with Gasteiger partial charge in [0.25, 0.3) is 0 Å². The number of pyridine rings is 1. The van der Waals surface area contributed by atoms with Crippen LogP contribution in [0.3, 0.4) is 0 Å². The first-order chi connectivity index (χ1) is 8.69. The summed E-state index contributed by atoms with van der Waals surface area (Å²) in [5, 5.41) is 0. The quantitative estimate of drug-likeness (QED) is 0.766. The van der Waals surface area contributed by atoms with Gasteiger partial charge in [-0.3, -0.25) is 4.40 Å². The summed E-state index contributed by atoms with van der Waals surface area (Å²) < 4.78 is 11.0. The molecule has 0 aliphatic heterocycles. The van der Waals surface area contributed by atoms with Crippen molar-refractivity contribution in [1.82, 2.24) is 9.38 Å². The number of esters is 2. The Morgan fingerprint density at radius 1 is 1.33 bits per heavy atom. The number of imidazole rings is 1. The molecule has 2 aromatic rings. The molecule has 0 atom stereocenters. The summed E-state index contributed by atoms with van der Waals surface area (Å²) in [6, 6.07) is 5.17. The van der Waals surface area contributed by atoms with Gasteiger partial charge in [0.05, 0.1) is 19.2 Å². The monoisotopic (exact) mass is 248 g/mol. The van der Waals surface area contributed by atoms with Crippen LogP contribution in [0.4, 0.5) is 0 Å². The van der Waals surface area contributed by atoms with Gasteiger partial charge in [-0.25, -0.2) is 14.6 Å². The molecule has 2 heterocycles. The zero-order valence-electron chi connectivity index (χ0n) is 10.0. The number of aromatic nitrogens is 2. The van der Waals surface area contributed by atoms with Crippen molar-refractivity contribution in [2.75, 3.05) is 13.7 Å². The molecule has 0 aliphatic carbocycles. The molecule has 18 heavy (non-hydrogen) atoms. The minimum Gasteiger partial charge on any atom is -0.464 e. The Kier molecular flexibility index (Phi) is 3.27. The zero-order chi connectivity index (χ0) is 13.1. The van der Waals surface area contributed by atoms with Crippen LogP contribution in [0.15, 0.2) is 24.4 Å². The fourth-order valence-corrected chi connectivity index (χ4v) is 1.62. The molecule has 0 saturated carbocycles. The first kappa shape index (κ1) is 12.1. The predicted molar refractivity (Wildman–Crippen MR) is 62.5 cm³/mol. The van der Waals surface area contributed by atoms with Crippen LogP contribution >= 0.6 is 0 Å². The maximum atomic E-state index is 11.7. The highest BCUT2D eigenvalue weighted by atomic mass is 16.5. The summed E-state index contributed by atoms with van der Waals surface area (Å²) >= 11 is 0. The van der Waals surface area contributed by atoms with Crippen molar-refractivity contribution < 1.29 is 19.1 Å². The van der Waals surface area contributed by atoms with Crippen LogP contribution in [0.5, 0.6) is 0 Å². The highest BCUT2D eigenvalue weighted by Crippen LogP contribution is 2.14. The van der Waals surface area contributed by atoms with Crippen molar-refractivity contribution in [3.8, 4) is 0 Å². The van der Waals surface area contributed by atoms with E-state index in [1.54, 1.807) is 31.3 Å². The van der Waals surface area contributed by atoms with Crippen molar-refractivity contribution in [3.05, 3.63) is 35.9 Å². The number of carbonyl (C=O) groups excluding carboxylic acids is 2. The lowest BCUT2D eigenvalue weighted by Crippen LogP contribution is -2.09. The Morgan fingerprint density at radius 3 is 2.78 bits per heavy atom. The van der Waals surface area contributed by atoms with Crippen molar-refractivity contribution in [1.29, 1.82) is 0 Å². The molecule has 0 bridgehead atoms. The number of carbonyl (C=O) groups is 2. The number of hydrogen-bond acceptors (Lipinski definition) is 5. The zero-order valence-corrected chi connectivity index (χ0v) is 10.0. The summed E-state index contributed by atoms with van der Waals surface area (Å²) in [6.07, 6.45) is 1.64. The predicted octanol–water partition coefficient (Wildman–Crippen LogP) is 1.30. The molecule has 0 aliphatic rings. The van der Waals surface area contributed by atoms with Gasteiger partial charge in [0, 0.05) is 6.20 Å². The van der Waals surface area contributed by atoms with Crippen LogP contribution in [0.25, 0.3) is 5.52 Å². The summed E-state index contributed by atoms with van der Waals surface area (Å²) in [5.41, 5.74) is 0.605. The fourth-order valence-electron chi connectivity index (χ4n) is 1.62. The van der Waals surface area contributed by atoms with E-state index in [-0.39, 0.29) is 18.1 Å². The number of fused-ring (bicyclic) bond motifs is 1. The van der Waals surface area contributed by atoms with Crippen molar-refractivity contribution in [2.45, 2.75) is 6.92 Å². The summed E-state index contributed by atoms with van der Waals surface area (Å²) in [4.78, 5) is 27.3. The largest absolute Gasteiger partial charge is 0.464 e. The Bertz CT molecular complexity index is 603. The second kappa shape index (κ2) is 4.87. The van der Waals surface area contributed by atoms with Gasteiger partial charge in [0.1, 0.15) is 0 Å². The number of rotatable bonds is 3. The fraction of sp³-hybridized carbons (Fsp3) is 0.250. The van der Waals surface area contributed by atoms with Crippen LogP contribution < -0.4 is 0 Å². The molecule has 94 valence electrons. The van der Waals surface area contributed by atoms with Crippen LogP contribution in [0.2, 0.25) is 0 Å². The second-order valence-electron chi connectivity index (χ2n) is 3.45. The first-order valence-electron chi connectivity index (χ1n) is 5.41. The molecule has 0 amide bonds. The molecule has 0 spiro atoms. The van der Waals surface area contributed by atoms with Crippen LogP contribution in [-0.2, 0) is 9.47 Å². The summed E-state index contributed by atoms with van der Waals surface area (Å²) in [7, 11) is 1.26. The molecule has 6 heteroatoms. The minimum atomic E-state index is -0.589. The van der Waals surface area contributed by atoms with Gasteiger partial charge < -0.3 is 9.47 Å². The van der Waals surface area contributed by atoms with Crippen LogP contribution in [0.1, 0.15) is 28.0 Å². The van der Waals surface area contributed by atoms with E-state index < -0.39 is 11.9 Å². The standard InChI is InChI=1S/C12H12N2O4/c1-3-18-12(16)10-13-9(11(15)17-2)8-6-4-5-7-14(8)10/h4-7H,3H2,1-2H3. The topological polar surface area (TPSA) is 69.9 Å². The molecule has 0 N–H and O–H groups in total. The smallest absolute Gasteiger partial charge is 0.374 e. The van der Waals surface area contributed by atoms with Crippen LogP contribution in [0, 0.1) is 0 Å². The van der Waals surface area contributed by atoms with E-state index in [0.717, 1.165) is 0 Å². The van der Waals surface area contributed by atoms with E-state index in [2.05, 4.69) is 9.72 Å². The maximum absolute atomic E-state index is 11.7. The van der Waals surface area contributed by atoms with E-state index in [4.69, 9.17) is 4.74 Å². The van der Waals surface area contributed by atoms with Gasteiger partial charge in [0.2, 0.25) is 5.82 Å². The van der Waals surface area contributed by atoms with Gasteiger partial charge >= 0.3 is 11.9 Å². The van der Waals surface area contributed by atoms with Gasteiger partial charge in [-0.15, -0.1) is 0 Å². The summed E-state index contributed by atoms with van der Waals surface area (Å²) in [5.74, 6) is -1.10. The number of ether oxygens (including phenoxy) is 2. The third-order valence-corrected chi connectivity index (χ3v) is 2.39. The first-order valence-corrected chi connectivity index (χ1v) is 5.41. The third-order valence-electron chi connectivity index (χ3n) is 2.39. The van der Waals surface area contributed by atoms with E-state index in [0.29, 0.717) is 5.52 Å². The molecule has 0 aromatic carbocycles. The lowest BCUT2D eigenvalue weighted by atomic mass is 10.3. The van der Waals surface area contributed by atoms with Gasteiger partial charge in [-0.05, 0) is 19.1 Å². The normalized spacial score (nSPS) is 10.3. The Balaban J connectivity index is 2.61. The molecule has 2 rings (SSSR count). The highest BCUT2D eigenvalue weighted by Gasteiger charge is 2.22. The molecule has 2 aromatic heterocycles. The lowest BCUT2D eigenvalue weighted by molar-refractivity contribution is 0.0511. The molecular formula is C12H12N2O4.